The molecule has 74 valence electrons. The van der Waals surface area contributed by atoms with Gasteiger partial charge in [-0.15, -0.1) is 5.10 Å². The maximum Gasteiger partial charge on any atom is 0.250 e. The van der Waals surface area contributed by atoms with Crippen molar-refractivity contribution in [1.82, 2.24) is 9.78 Å². The molecule has 5 heteroatoms. The quantitative estimate of drug-likeness (QED) is 0.744. The van der Waals surface area contributed by atoms with Crippen LogP contribution >= 0.6 is 22.6 Å². The van der Waals surface area contributed by atoms with Crippen molar-refractivity contribution in [2.45, 2.75) is 26.3 Å². The summed E-state index contributed by atoms with van der Waals surface area (Å²) < 4.78 is 20.1. The molecule has 1 aromatic heterocycles. The second-order valence-electron chi connectivity index (χ2n) is 3.70. The van der Waals surface area contributed by atoms with Crippen molar-refractivity contribution in [3.8, 4) is 5.88 Å². The van der Waals surface area contributed by atoms with Gasteiger partial charge >= 0.3 is 0 Å². The molecule has 0 N–H and O–H groups in total. The summed E-state index contributed by atoms with van der Waals surface area (Å²) in [6.45, 7) is 5.83. The van der Waals surface area contributed by atoms with E-state index in [1.54, 1.807) is 4.68 Å². The fourth-order valence-electron chi connectivity index (χ4n) is 0.989. The fraction of sp³-hybridized carbons (Fsp3) is 0.625. The van der Waals surface area contributed by atoms with Crippen LogP contribution in [-0.2, 0) is 5.54 Å². The molecule has 1 heterocycles. The summed E-state index contributed by atoms with van der Waals surface area (Å²) in [4.78, 5) is 0. The fourth-order valence-corrected chi connectivity index (χ4v) is 1.55. The van der Waals surface area contributed by atoms with Crippen molar-refractivity contribution < 1.29 is 9.13 Å². The van der Waals surface area contributed by atoms with Gasteiger partial charge in [0.05, 0.1) is 12.6 Å². The molecule has 1 aromatic rings. The van der Waals surface area contributed by atoms with Crippen molar-refractivity contribution in [3.63, 3.8) is 0 Å². The number of hydrogen-bond acceptors (Lipinski definition) is 2. The summed E-state index contributed by atoms with van der Waals surface area (Å²) in [5, 5.41) is 3.77. The maximum absolute atomic E-state index is 13.1. The van der Waals surface area contributed by atoms with E-state index in [4.69, 9.17) is 4.74 Å². The van der Waals surface area contributed by atoms with Crippen molar-refractivity contribution in [2.75, 3.05) is 7.11 Å². The lowest BCUT2D eigenvalue weighted by Gasteiger charge is -2.20. The molecule has 0 saturated carbocycles. The Morgan fingerprint density at radius 2 is 2.00 bits per heavy atom. The normalized spacial score (nSPS) is 11.8. The Bertz CT molecular complexity index is 317. The number of methoxy groups -OCH3 is 1. The second-order valence-corrected chi connectivity index (χ2v) is 4.78. The molecule has 0 saturated heterocycles. The molecule has 0 fully saturated rings. The Balaban J connectivity index is 3.30. The van der Waals surface area contributed by atoms with Gasteiger partial charge in [-0.2, -0.15) is 4.39 Å². The van der Waals surface area contributed by atoms with E-state index >= 15 is 0 Å². The van der Waals surface area contributed by atoms with Crippen molar-refractivity contribution in [3.05, 3.63) is 9.52 Å². The lowest BCUT2D eigenvalue weighted by Crippen LogP contribution is -2.24. The first-order valence-electron chi connectivity index (χ1n) is 3.86. The van der Waals surface area contributed by atoms with Crippen molar-refractivity contribution in [2.24, 2.45) is 0 Å². The Kier molecular flexibility index (Phi) is 2.84. The molecule has 13 heavy (non-hydrogen) atoms. The second kappa shape index (κ2) is 3.43. The number of ether oxygens (including phenoxy) is 1. The van der Waals surface area contributed by atoms with Crippen LogP contribution < -0.4 is 4.74 Å². The molecule has 0 aliphatic heterocycles. The third-order valence-electron chi connectivity index (χ3n) is 1.58. The zero-order valence-corrected chi connectivity index (χ0v) is 10.2. The molecule has 0 aliphatic rings. The van der Waals surface area contributed by atoms with Gasteiger partial charge in [0.25, 0.3) is 0 Å². The van der Waals surface area contributed by atoms with Gasteiger partial charge in [0.15, 0.2) is 0 Å². The van der Waals surface area contributed by atoms with E-state index in [1.165, 1.54) is 7.11 Å². The van der Waals surface area contributed by atoms with Crippen molar-refractivity contribution in [1.29, 1.82) is 0 Å². The van der Waals surface area contributed by atoms with Crippen LogP contribution in [0.4, 0.5) is 4.39 Å². The first-order chi connectivity index (χ1) is 5.88. The lowest BCUT2D eigenvalue weighted by atomic mass is 10.1. The van der Waals surface area contributed by atoms with Gasteiger partial charge in [0.1, 0.15) is 3.57 Å². The van der Waals surface area contributed by atoms with Gasteiger partial charge in [-0.1, -0.05) is 0 Å². The molecule has 0 atom stereocenters. The van der Waals surface area contributed by atoms with E-state index in [0.29, 0.717) is 9.45 Å². The molecule has 0 spiro atoms. The molecule has 0 unspecified atom stereocenters. The third kappa shape index (κ3) is 1.95. The number of halogens is 2. The highest BCUT2D eigenvalue weighted by molar-refractivity contribution is 14.1. The van der Waals surface area contributed by atoms with Gasteiger partial charge in [-0.3, -0.25) is 0 Å². The number of rotatable bonds is 1. The van der Waals surface area contributed by atoms with E-state index in [9.17, 15) is 4.39 Å². The van der Waals surface area contributed by atoms with Gasteiger partial charge in [-0.05, 0) is 43.4 Å². The molecular weight excluding hydrogens is 286 g/mol. The van der Waals surface area contributed by atoms with E-state index in [0.717, 1.165) is 0 Å². The van der Waals surface area contributed by atoms with E-state index in [-0.39, 0.29) is 5.54 Å². The summed E-state index contributed by atoms with van der Waals surface area (Å²) in [5.74, 6) is -0.00187. The Morgan fingerprint density at radius 1 is 1.46 bits per heavy atom. The Hall–Kier alpha value is -0.330. The third-order valence-corrected chi connectivity index (χ3v) is 2.48. The Labute approximate surface area is 90.4 Å². The van der Waals surface area contributed by atoms with E-state index in [1.807, 2.05) is 43.4 Å². The molecular formula is C8H12FIN2O. The van der Waals surface area contributed by atoms with E-state index < -0.39 is 5.95 Å². The number of hydrogen-bond donors (Lipinski definition) is 0. The molecule has 0 amide bonds. The van der Waals surface area contributed by atoms with E-state index in [2.05, 4.69) is 5.10 Å². The molecule has 3 nitrogen and oxygen atoms in total. The van der Waals surface area contributed by atoms with Crippen LogP contribution in [0.5, 0.6) is 5.88 Å². The first-order valence-corrected chi connectivity index (χ1v) is 4.94. The summed E-state index contributed by atoms with van der Waals surface area (Å²) in [5.41, 5.74) is -0.268. The highest BCUT2D eigenvalue weighted by Gasteiger charge is 2.24. The minimum Gasteiger partial charge on any atom is -0.480 e. The predicted octanol–water partition coefficient (Wildman–Crippen LogP) is 2.39. The van der Waals surface area contributed by atoms with Gasteiger partial charge < -0.3 is 4.74 Å². The van der Waals surface area contributed by atoms with Crippen LogP contribution in [0.2, 0.25) is 0 Å². The molecule has 0 radical (unpaired) electrons. The van der Waals surface area contributed by atoms with Crippen LogP contribution in [0.25, 0.3) is 0 Å². The van der Waals surface area contributed by atoms with Crippen LogP contribution in [0, 0.1) is 9.52 Å². The van der Waals surface area contributed by atoms with Gasteiger partial charge in [-0.25, -0.2) is 4.68 Å². The largest absolute Gasteiger partial charge is 0.480 e. The smallest absolute Gasteiger partial charge is 0.250 e. The summed E-state index contributed by atoms with van der Waals surface area (Å²) in [6, 6.07) is 0. The highest BCUT2D eigenvalue weighted by atomic mass is 127. The Morgan fingerprint density at radius 3 is 2.31 bits per heavy atom. The van der Waals surface area contributed by atoms with Crippen LogP contribution in [0.1, 0.15) is 20.8 Å². The van der Waals surface area contributed by atoms with Crippen LogP contribution in [0.3, 0.4) is 0 Å². The zero-order valence-electron chi connectivity index (χ0n) is 8.06. The molecule has 1 rings (SSSR count). The summed E-state index contributed by atoms with van der Waals surface area (Å²) in [6.07, 6.45) is 0. The summed E-state index contributed by atoms with van der Waals surface area (Å²) >= 11 is 1.88. The average Bonchev–Trinajstić information content (AvgIpc) is 2.28. The van der Waals surface area contributed by atoms with Crippen LogP contribution in [-0.4, -0.2) is 16.9 Å². The number of nitrogens with zero attached hydrogens (tertiary/aromatic N) is 2. The SMILES string of the molecule is COc1c(I)c(F)nn1C(C)(C)C. The predicted molar refractivity (Wildman–Crippen MR) is 56.5 cm³/mol. The standard InChI is InChI=1S/C8H12FIN2O/c1-8(2,3)12-7(13-4)5(10)6(9)11-12/h1-4H3. The minimum atomic E-state index is -0.479. The molecule has 0 bridgehead atoms. The lowest BCUT2D eigenvalue weighted by molar-refractivity contribution is 0.277. The highest BCUT2D eigenvalue weighted by Crippen LogP contribution is 2.28. The van der Waals surface area contributed by atoms with Crippen LogP contribution in [0.15, 0.2) is 0 Å². The first kappa shape index (κ1) is 10.7. The summed E-state index contributed by atoms with van der Waals surface area (Å²) in [7, 11) is 1.51. The molecule has 0 aromatic carbocycles. The zero-order chi connectivity index (χ0) is 10.2. The molecule has 0 aliphatic carbocycles. The minimum absolute atomic E-state index is 0.268. The topological polar surface area (TPSA) is 27.1 Å². The monoisotopic (exact) mass is 298 g/mol. The maximum atomic E-state index is 13.1. The van der Waals surface area contributed by atoms with Gasteiger partial charge in [0.2, 0.25) is 11.8 Å². The number of aromatic nitrogens is 2. The van der Waals surface area contributed by atoms with Gasteiger partial charge in [0, 0.05) is 0 Å². The van der Waals surface area contributed by atoms with Crippen molar-refractivity contribution >= 4 is 22.6 Å². The average molecular weight is 298 g/mol.